The van der Waals surface area contributed by atoms with Crippen LogP contribution >= 0.6 is 0 Å². The summed E-state index contributed by atoms with van der Waals surface area (Å²) in [6.45, 7) is 3.96. The first-order valence-corrected chi connectivity index (χ1v) is 11.7. The van der Waals surface area contributed by atoms with E-state index in [-0.39, 0.29) is 11.9 Å². The largest absolute Gasteiger partial charge is 0.348 e. The Morgan fingerprint density at radius 1 is 1.03 bits per heavy atom. The van der Waals surface area contributed by atoms with Gasteiger partial charge in [-0.1, -0.05) is 48.0 Å². The second-order valence-corrected chi connectivity index (χ2v) is 9.94. The van der Waals surface area contributed by atoms with Gasteiger partial charge in [0, 0.05) is 11.6 Å². The molecule has 0 radical (unpaired) electrons. The number of piperazine rings is 1. The molecule has 29 heavy (non-hydrogen) atoms. The summed E-state index contributed by atoms with van der Waals surface area (Å²) in [5.74, 6) is 0.0449. The number of carbonyl (C=O) groups is 1. The smallest absolute Gasteiger partial charge is 0.283 e. The molecule has 1 heterocycles. The summed E-state index contributed by atoms with van der Waals surface area (Å²) in [6.07, 6.45) is 2.09. The highest BCUT2D eigenvalue weighted by Crippen LogP contribution is 2.21. The van der Waals surface area contributed by atoms with E-state index in [1.54, 1.807) is 16.4 Å². The molecule has 6 nitrogen and oxygen atoms in total. The number of carbonyl (C=O) groups excluding carboxylic acids is 1. The molecule has 2 aromatic rings. The van der Waals surface area contributed by atoms with E-state index < -0.39 is 10.0 Å². The van der Waals surface area contributed by atoms with Crippen molar-refractivity contribution in [2.75, 3.05) is 26.2 Å². The average Bonchev–Trinajstić information content (AvgIpc) is 3.54. The minimum absolute atomic E-state index is 0.0449. The normalized spacial score (nSPS) is 19.6. The molecule has 4 rings (SSSR count). The van der Waals surface area contributed by atoms with Crippen molar-refractivity contribution in [3.63, 3.8) is 0 Å². The van der Waals surface area contributed by atoms with Crippen molar-refractivity contribution in [3.8, 4) is 0 Å². The summed E-state index contributed by atoms with van der Waals surface area (Å²) in [4.78, 5) is 14.4. The zero-order chi connectivity index (χ0) is 20.4. The first-order valence-electron chi connectivity index (χ1n) is 10.2. The van der Waals surface area contributed by atoms with Gasteiger partial charge in [0.25, 0.3) is 5.91 Å². The second kappa shape index (κ2) is 8.26. The molecule has 1 atom stereocenters. The number of amides is 1. The summed E-state index contributed by atoms with van der Waals surface area (Å²) < 4.78 is 27.5. The Hall–Kier alpha value is -2.22. The Morgan fingerprint density at radius 3 is 2.24 bits per heavy atom. The molecule has 1 amide bonds. The van der Waals surface area contributed by atoms with Crippen LogP contribution in [0.15, 0.2) is 59.5 Å². The molecule has 2 N–H and O–H groups in total. The Morgan fingerprint density at radius 2 is 1.66 bits per heavy atom. The topological polar surface area (TPSA) is 70.9 Å². The SMILES string of the molecule is Cc1ccc(S(=O)(=O)N2CC[NH+]([C@H](C(=O)NC3CC3)c3ccccc3)CC2)cc1. The van der Waals surface area contributed by atoms with Crippen molar-refractivity contribution >= 4 is 15.9 Å². The van der Waals surface area contributed by atoms with Crippen molar-refractivity contribution in [3.05, 3.63) is 65.7 Å². The Kier molecular flexibility index (Phi) is 5.72. The van der Waals surface area contributed by atoms with Crippen molar-refractivity contribution in [1.82, 2.24) is 9.62 Å². The van der Waals surface area contributed by atoms with Gasteiger partial charge in [0.05, 0.1) is 31.1 Å². The van der Waals surface area contributed by atoms with Crippen LogP contribution in [0.4, 0.5) is 0 Å². The number of hydrogen-bond acceptors (Lipinski definition) is 3. The number of nitrogens with one attached hydrogen (secondary N) is 2. The highest BCUT2D eigenvalue weighted by atomic mass is 32.2. The number of aryl methyl sites for hydroxylation is 1. The number of benzene rings is 2. The average molecular weight is 415 g/mol. The van der Waals surface area contributed by atoms with E-state index >= 15 is 0 Å². The van der Waals surface area contributed by atoms with Crippen LogP contribution in [0.5, 0.6) is 0 Å². The molecule has 1 saturated carbocycles. The van der Waals surface area contributed by atoms with Crippen molar-refractivity contribution in [2.24, 2.45) is 0 Å². The van der Waals surface area contributed by atoms with Gasteiger partial charge in [-0.25, -0.2) is 8.42 Å². The van der Waals surface area contributed by atoms with Gasteiger partial charge in [-0.15, -0.1) is 0 Å². The van der Waals surface area contributed by atoms with E-state index in [0.29, 0.717) is 37.1 Å². The van der Waals surface area contributed by atoms with Gasteiger partial charge in [0.1, 0.15) is 0 Å². The lowest BCUT2D eigenvalue weighted by Crippen LogP contribution is -3.16. The number of rotatable bonds is 6. The molecule has 0 unspecified atom stereocenters. The summed E-state index contributed by atoms with van der Waals surface area (Å²) in [5, 5.41) is 3.13. The molecular weight excluding hydrogens is 386 g/mol. The molecule has 0 aromatic heterocycles. The number of sulfonamides is 1. The fraction of sp³-hybridized carbons (Fsp3) is 0.409. The molecule has 2 aromatic carbocycles. The van der Waals surface area contributed by atoms with E-state index in [1.165, 1.54) is 0 Å². The standard InChI is InChI=1S/C22H27N3O3S/c1-17-7-11-20(12-8-17)29(27,28)25-15-13-24(14-16-25)21(18-5-3-2-4-6-18)22(26)23-19-9-10-19/h2-8,11-12,19,21H,9-10,13-16H2,1H3,(H,23,26)/p+1/t21-/m0/s1. The summed E-state index contributed by atoms with van der Waals surface area (Å²) in [6, 6.07) is 16.8. The van der Waals surface area contributed by atoms with Crippen LogP contribution in [0, 0.1) is 6.92 Å². The van der Waals surface area contributed by atoms with Crippen LogP contribution in [-0.4, -0.2) is 50.9 Å². The van der Waals surface area contributed by atoms with E-state index in [4.69, 9.17) is 0 Å². The van der Waals surface area contributed by atoms with Gasteiger partial charge in [-0.05, 0) is 31.9 Å². The molecule has 1 aliphatic carbocycles. The summed E-state index contributed by atoms with van der Waals surface area (Å²) in [5.41, 5.74) is 2.01. The first-order chi connectivity index (χ1) is 13.9. The minimum atomic E-state index is -3.50. The third-order valence-electron chi connectivity index (χ3n) is 5.75. The Balaban J connectivity index is 1.48. The Labute approximate surface area is 172 Å². The van der Waals surface area contributed by atoms with Crippen molar-refractivity contribution in [2.45, 2.75) is 36.7 Å². The molecule has 2 aliphatic rings. The van der Waals surface area contributed by atoms with Crippen LogP contribution in [0.2, 0.25) is 0 Å². The zero-order valence-electron chi connectivity index (χ0n) is 16.7. The third-order valence-corrected chi connectivity index (χ3v) is 7.66. The maximum Gasteiger partial charge on any atom is 0.283 e. The predicted molar refractivity (Wildman–Crippen MR) is 111 cm³/mol. The highest BCUT2D eigenvalue weighted by molar-refractivity contribution is 7.89. The van der Waals surface area contributed by atoms with E-state index in [1.807, 2.05) is 49.4 Å². The molecule has 1 saturated heterocycles. The molecule has 0 spiro atoms. The van der Waals surface area contributed by atoms with Crippen molar-refractivity contribution < 1.29 is 18.1 Å². The van der Waals surface area contributed by atoms with Gasteiger partial charge in [0.2, 0.25) is 10.0 Å². The van der Waals surface area contributed by atoms with Gasteiger partial charge in [0.15, 0.2) is 6.04 Å². The number of quaternary nitrogens is 1. The van der Waals surface area contributed by atoms with Crippen LogP contribution < -0.4 is 10.2 Å². The predicted octanol–water partition coefficient (Wildman–Crippen LogP) is 0.904. The quantitative estimate of drug-likeness (QED) is 0.738. The van der Waals surface area contributed by atoms with Gasteiger partial charge >= 0.3 is 0 Å². The maximum atomic E-state index is 13.0. The molecular formula is C22H28N3O3S+. The van der Waals surface area contributed by atoms with Gasteiger partial charge in [-0.3, -0.25) is 4.79 Å². The monoisotopic (exact) mass is 414 g/mol. The molecule has 0 bridgehead atoms. The van der Waals surface area contributed by atoms with Crippen LogP contribution in [-0.2, 0) is 14.8 Å². The minimum Gasteiger partial charge on any atom is -0.348 e. The van der Waals surface area contributed by atoms with Gasteiger partial charge in [-0.2, -0.15) is 4.31 Å². The maximum absolute atomic E-state index is 13.0. The molecule has 2 fully saturated rings. The zero-order valence-corrected chi connectivity index (χ0v) is 17.5. The van der Waals surface area contributed by atoms with E-state index in [2.05, 4.69) is 5.32 Å². The molecule has 154 valence electrons. The molecule has 1 aliphatic heterocycles. The van der Waals surface area contributed by atoms with Crippen LogP contribution in [0.1, 0.15) is 30.0 Å². The third kappa shape index (κ3) is 4.52. The van der Waals surface area contributed by atoms with Crippen molar-refractivity contribution in [1.29, 1.82) is 0 Å². The fourth-order valence-electron chi connectivity index (χ4n) is 3.89. The fourth-order valence-corrected chi connectivity index (χ4v) is 5.33. The lowest BCUT2D eigenvalue weighted by Gasteiger charge is -2.35. The van der Waals surface area contributed by atoms with E-state index in [0.717, 1.165) is 28.9 Å². The molecule has 7 heteroatoms. The Bertz CT molecular complexity index is 949. The summed E-state index contributed by atoms with van der Waals surface area (Å²) >= 11 is 0. The van der Waals surface area contributed by atoms with Gasteiger partial charge < -0.3 is 10.2 Å². The summed E-state index contributed by atoms with van der Waals surface area (Å²) in [7, 11) is -3.50. The lowest BCUT2D eigenvalue weighted by molar-refractivity contribution is -0.925. The van der Waals surface area contributed by atoms with Crippen LogP contribution in [0.25, 0.3) is 0 Å². The van der Waals surface area contributed by atoms with Crippen LogP contribution in [0.3, 0.4) is 0 Å². The lowest BCUT2D eigenvalue weighted by atomic mass is 10.0. The van der Waals surface area contributed by atoms with E-state index in [9.17, 15) is 13.2 Å². The highest BCUT2D eigenvalue weighted by Gasteiger charge is 2.39. The second-order valence-electron chi connectivity index (χ2n) is 8.00. The number of nitrogens with zero attached hydrogens (tertiary/aromatic N) is 1. The number of hydrogen-bond donors (Lipinski definition) is 2. The first kappa shape index (κ1) is 20.1.